The average molecular weight is 1060 g/mol. The van der Waals surface area contributed by atoms with Crippen molar-refractivity contribution in [2.24, 2.45) is 0 Å². The molecule has 7 heteroatoms. The van der Waals surface area contributed by atoms with Gasteiger partial charge in [-0.3, -0.25) is 9.59 Å². The molecule has 0 bridgehead atoms. The summed E-state index contributed by atoms with van der Waals surface area (Å²) in [7, 11) is 1.61. The molecule has 0 radical (unpaired) electrons. The lowest BCUT2D eigenvalue weighted by Crippen LogP contribution is -2.40. The fraction of sp³-hybridized carbons (Fsp3) is 0.120. The molecule has 1 aliphatic heterocycles. The van der Waals surface area contributed by atoms with Gasteiger partial charge in [-0.15, -0.1) is 0 Å². The maximum atomic E-state index is 14.2. The third-order valence-corrected chi connectivity index (χ3v) is 17.8. The molecule has 4 heterocycles. The molecule has 15 rings (SSSR count). The van der Waals surface area contributed by atoms with Crippen molar-refractivity contribution in [3.63, 3.8) is 0 Å². The van der Waals surface area contributed by atoms with E-state index < -0.39 is 0 Å². The SMILES string of the molecule is CCC(CC(CC(C)c1ccc(N2C(=O)c3cccc4c(OC)ccc(c34)C2=O)cc1)c1ccc2c(c1)c1ccccc1n2-c1ccc(-c2ccc(-n3c4ccccc4c4ccccc43)cc2)cc1)n1c2ccccc2c2ccccc21. The third kappa shape index (κ3) is 7.78. The van der Waals surface area contributed by atoms with Crippen LogP contribution in [0, 0.1) is 0 Å². The first-order chi connectivity index (χ1) is 40.3. The highest BCUT2D eigenvalue weighted by Gasteiger charge is 2.35. The summed E-state index contributed by atoms with van der Waals surface area (Å²) in [5.41, 5.74) is 15.9. The minimum absolute atomic E-state index is 0.143. The number of nitrogens with zero attached hydrogens (tertiary/aromatic N) is 4. The number of benzene rings is 11. The quantitative estimate of drug-likeness (QED) is 0.108. The Balaban J connectivity index is 0.771. The first-order valence-electron chi connectivity index (χ1n) is 28.6. The summed E-state index contributed by atoms with van der Waals surface area (Å²) in [6, 6.07) is 86.5. The molecule has 1 aliphatic rings. The molecular weight excluding hydrogens is 1000 g/mol. The molecule has 0 saturated carbocycles. The topological polar surface area (TPSA) is 61.4 Å². The van der Waals surface area contributed by atoms with Crippen LogP contribution in [0.2, 0.25) is 0 Å². The van der Waals surface area contributed by atoms with Crippen molar-refractivity contribution in [2.75, 3.05) is 12.0 Å². The molecule has 0 spiro atoms. The molecule has 82 heavy (non-hydrogen) atoms. The Kier molecular flexibility index (Phi) is 11.8. The smallest absolute Gasteiger partial charge is 0.265 e. The van der Waals surface area contributed by atoms with E-state index in [0.29, 0.717) is 28.0 Å². The minimum Gasteiger partial charge on any atom is -0.496 e. The van der Waals surface area contributed by atoms with Crippen LogP contribution in [0.3, 0.4) is 0 Å². The van der Waals surface area contributed by atoms with Gasteiger partial charge in [0.15, 0.2) is 0 Å². The van der Waals surface area contributed by atoms with Crippen LogP contribution in [0.1, 0.15) is 82.8 Å². The van der Waals surface area contributed by atoms with Gasteiger partial charge in [0, 0.05) is 82.7 Å². The van der Waals surface area contributed by atoms with Crippen LogP contribution in [0.5, 0.6) is 5.75 Å². The normalized spacial score (nSPS) is 13.8. The summed E-state index contributed by atoms with van der Waals surface area (Å²) >= 11 is 0. The van der Waals surface area contributed by atoms with Crippen molar-refractivity contribution < 1.29 is 14.3 Å². The summed E-state index contributed by atoms with van der Waals surface area (Å²) < 4.78 is 13.0. The zero-order valence-electron chi connectivity index (χ0n) is 46.0. The van der Waals surface area contributed by atoms with Gasteiger partial charge in [-0.05, 0) is 150 Å². The van der Waals surface area contributed by atoms with Crippen molar-refractivity contribution in [3.05, 3.63) is 265 Å². The Morgan fingerprint density at radius 3 is 1.37 bits per heavy atom. The Morgan fingerprint density at radius 2 is 0.841 bits per heavy atom. The van der Waals surface area contributed by atoms with Crippen molar-refractivity contribution in [2.45, 2.75) is 51.0 Å². The molecule has 7 nitrogen and oxygen atoms in total. The number of rotatable bonds is 13. The van der Waals surface area contributed by atoms with E-state index in [9.17, 15) is 9.59 Å². The summed E-state index contributed by atoms with van der Waals surface area (Å²) in [5.74, 6) is 0.283. The highest BCUT2D eigenvalue weighted by Crippen LogP contribution is 2.44. The Labute approximate surface area is 475 Å². The fourth-order valence-corrected chi connectivity index (χ4v) is 13.8. The standard InChI is InChI=1S/C75H58N4O3/c1-4-53(76-66-23-10-5-16-57(66)58-17-6-11-24-67(58)76)45-52(44-47(2)48-28-35-56(36-29-48)79-74(80)63-22-15-21-62-72(82-3)43-41-64(73(62)63)75(79)81)51-34-42-71-65(46-51)61-20-9-14-27-70(61)78(71)55-39-32-50(33-40-55)49-30-37-54(38-31-49)77-68-25-12-7-18-59(68)60-19-8-13-26-69(60)77/h5-43,46-47,52-53H,4,44-45H2,1-3H3. The molecule has 14 aromatic rings. The van der Waals surface area contributed by atoms with Gasteiger partial charge >= 0.3 is 0 Å². The number of imide groups is 1. The van der Waals surface area contributed by atoms with Gasteiger partial charge in [-0.2, -0.15) is 0 Å². The number of amides is 2. The van der Waals surface area contributed by atoms with E-state index in [0.717, 1.165) is 41.6 Å². The second kappa shape index (κ2) is 19.7. The van der Waals surface area contributed by atoms with E-state index >= 15 is 0 Å². The van der Waals surface area contributed by atoms with Crippen molar-refractivity contribution in [1.29, 1.82) is 0 Å². The lowest BCUT2D eigenvalue weighted by molar-refractivity contribution is 0.0893. The van der Waals surface area contributed by atoms with Crippen molar-refractivity contribution >= 4 is 93.7 Å². The van der Waals surface area contributed by atoms with Crippen molar-refractivity contribution in [3.8, 4) is 28.3 Å². The zero-order valence-corrected chi connectivity index (χ0v) is 46.0. The van der Waals surface area contributed by atoms with E-state index in [4.69, 9.17) is 4.74 Å². The van der Waals surface area contributed by atoms with Crippen LogP contribution in [-0.2, 0) is 0 Å². The number of hydrogen-bond donors (Lipinski definition) is 0. The summed E-state index contributed by atoms with van der Waals surface area (Å²) in [4.78, 5) is 29.7. The first kappa shape index (κ1) is 49.1. The Hall–Kier alpha value is -9.98. The molecule has 0 aliphatic carbocycles. The van der Waals surface area contributed by atoms with E-state index in [-0.39, 0.29) is 29.7 Å². The van der Waals surface area contributed by atoms with E-state index in [2.05, 4.69) is 228 Å². The molecule has 396 valence electrons. The summed E-state index contributed by atoms with van der Waals surface area (Å²) in [5, 5.41) is 8.93. The maximum absolute atomic E-state index is 14.2. The fourth-order valence-electron chi connectivity index (χ4n) is 13.8. The Morgan fingerprint density at radius 1 is 0.402 bits per heavy atom. The first-order valence-corrected chi connectivity index (χ1v) is 28.6. The Bertz CT molecular complexity index is 4720. The van der Waals surface area contributed by atoms with Crippen LogP contribution in [0.15, 0.2) is 243 Å². The predicted octanol–water partition coefficient (Wildman–Crippen LogP) is 18.9. The zero-order chi connectivity index (χ0) is 55.2. The monoisotopic (exact) mass is 1060 g/mol. The minimum atomic E-state index is -0.334. The lowest BCUT2D eigenvalue weighted by atomic mass is 9.81. The third-order valence-electron chi connectivity index (χ3n) is 17.8. The van der Waals surface area contributed by atoms with Crippen LogP contribution < -0.4 is 9.64 Å². The van der Waals surface area contributed by atoms with Gasteiger partial charge in [0.2, 0.25) is 0 Å². The summed E-state index contributed by atoms with van der Waals surface area (Å²) in [6.45, 7) is 4.65. The lowest BCUT2D eigenvalue weighted by Gasteiger charge is -2.29. The molecule has 3 aromatic heterocycles. The molecule has 3 atom stereocenters. The van der Waals surface area contributed by atoms with Crippen LogP contribution in [0.4, 0.5) is 5.69 Å². The maximum Gasteiger partial charge on any atom is 0.265 e. The van der Waals surface area contributed by atoms with Gasteiger partial charge in [-0.1, -0.05) is 159 Å². The van der Waals surface area contributed by atoms with E-state index in [1.807, 2.05) is 30.3 Å². The second-order valence-corrected chi connectivity index (χ2v) is 22.2. The molecule has 2 amide bonds. The number of carbonyl (C=O) groups is 2. The molecule has 0 fully saturated rings. The largest absolute Gasteiger partial charge is 0.496 e. The number of hydrogen-bond acceptors (Lipinski definition) is 3. The molecule has 3 unspecified atom stereocenters. The number of anilines is 1. The highest BCUT2D eigenvalue weighted by molar-refractivity contribution is 6.36. The predicted molar refractivity (Wildman–Crippen MR) is 338 cm³/mol. The van der Waals surface area contributed by atoms with E-state index in [1.165, 1.54) is 87.0 Å². The number of para-hydroxylation sites is 5. The molecule has 0 N–H and O–H groups in total. The highest BCUT2D eigenvalue weighted by atomic mass is 16.5. The van der Waals surface area contributed by atoms with Crippen LogP contribution in [0.25, 0.3) is 98.7 Å². The van der Waals surface area contributed by atoms with Gasteiger partial charge in [-0.25, -0.2) is 4.90 Å². The van der Waals surface area contributed by atoms with Crippen LogP contribution >= 0.6 is 0 Å². The summed E-state index contributed by atoms with van der Waals surface area (Å²) in [6.07, 6.45) is 2.78. The number of methoxy groups -OCH3 is 1. The molecule has 0 saturated heterocycles. The van der Waals surface area contributed by atoms with Crippen LogP contribution in [-0.4, -0.2) is 32.6 Å². The van der Waals surface area contributed by atoms with E-state index in [1.54, 1.807) is 19.2 Å². The molecular formula is C75H58N4O3. The number of aromatic nitrogens is 3. The van der Waals surface area contributed by atoms with Gasteiger partial charge in [0.05, 0.1) is 34.9 Å². The number of carbonyl (C=O) groups excluding carboxylic acids is 2. The van der Waals surface area contributed by atoms with Gasteiger partial charge in [0.1, 0.15) is 5.75 Å². The number of fused-ring (bicyclic) bond motifs is 9. The molecule has 11 aromatic carbocycles. The van der Waals surface area contributed by atoms with Gasteiger partial charge in [0.25, 0.3) is 11.8 Å². The average Bonchev–Trinajstić information content (AvgIpc) is 4.29. The number of ether oxygens (including phenoxy) is 1. The second-order valence-electron chi connectivity index (χ2n) is 22.2. The van der Waals surface area contributed by atoms with Gasteiger partial charge < -0.3 is 18.4 Å². The van der Waals surface area contributed by atoms with Crippen molar-refractivity contribution in [1.82, 2.24) is 13.7 Å².